The lowest BCUT2D eigenvalue weighted by molar-refractivity contribution is -0.115. The molecule has 2 aromatic rings. The summed E-state index contributed by atoms with van der Waals surface area (Å²) in [5.74, 6) is 0.212. The van der Waals surface area contributed by atoms with Crippen LogP contribution in [0.3, 0.4) is 0 Å². The summed E-state index contributed by atoms with van der Waals surface area (Å²) < 4.78 is 35.7. The summed E-state index contributed by atoms with van der Waals surface area (Å²) in [6, 6.07) is 9.58. The van der Waals surface area contributed by atoms with Gasteiger partial charge in [0.25, 0.3) is 0 Å². The van der Waals surface area contributed by atoms with Gasteiger partial charge in [0.05, 0.1) is 10.6 Å². The maximum Gasteiger partial charge on any atom is 0.225 e. The Bertz CT molecular complexity index is 943. The Morgan fingerprint density at radius 3 is 2.58 bits per heavy atom. The van der Waals surface area contributed by atoms with Crippen molar-refractivity contribution >= 4 is 33.0 Å². The minimum Gasteiger partial charge on any atom is -0.486 e. The van der Waals surface area contributed by atoms with Gasteiger partial charge in [0.1, 0.15) is 13.2 Å². The molecule has 0 unspecified atom stereocenters. The first-order valence-electron chi connectivity index (χ1n) is 8.03. The van der Waals surface area contributed by atoms with Crippen LogP contribution in [0.1, 0.15) is 12.0 Å². The van der Waals surface area contributed by atoms with Gasteiger partial charge in [-0.15, -0.1) is 0 Å². The molecular formula is C18H18ClNO5S. The van der Waals surface area contributed by atoms with Gasteiger partial charge in [0, 0.05) is 23.2 Å². The number of amides is 1. The van der Waals surface area contributed by atoms with Gasteiger partial charge in [0.2, 0.25) is 5.91 Å². The Balaban J connectivity index is 1.64. The molecule has 1 heterocycles. The van der Waals surface area contributed by atoms with Gasteiger partial charge in [-0.25, -0.2) is 8.42 Å². The molecule has 1 aliphatic rings. The third-order valence-corrected chi connectivity index (χ3v) is 6.05. The van der Waals surface area contributed by atoms with Crippen LogP contribution < -0.4 is 14.8 Å². The van der Waals surface area contributed by atoms with Gasteiger partial charge in [-0.2, -0.15) is 0 Å². The highest BCUT2D eigenvalue weighted by molar-refractivity contribution is 7.91. The Labute approximate surface area is 157 Å². The van der Waals surface area contributed by atoms with E-state index < -0.39 is 15.7 Å². The zero-order chi connectivity index (χ0) is 18.7. The fourth-order valence-corrected chi connectivity index (χ4v) is 3.89. The molecule has 0 spiro atoms. The molecule has 1 amide bonds. The Hall–Kier alpha value is -2.25. The summed E-state index contributed by atoms with van der Waals surface area (Å²) in [6.45, 7) is 2.66. The number of sulfone groups is 1. The third kappa shape index (κ3) is 4.28. The summed E-state index contributed by atoms with van der Waals surface area (Å²) in [4.78, 5) is 12.2. The number of carbonyl (C=O) groups excluding carboxylic acids is 1. The van der Waals surface area contributed by atoms with E-state index in [1.807, 2.05) is 6.92 Å². The van der Waals surface area contributed by atoms with Crippen LogP contribution in [0.2, 0.25) is 5.02 Å². The molecule has 0 aromatic heterocycles. The molecule has 0 atom stereocenters. The molecule has 6 nitrogen and oxygen atoms in total. The summed E-state index contributed by atoms with van der Waals surface area (Å²) >= 11 is 6.02. The number of benzene rings is 2. The van der Waals surface area contributed by atoms with Crippen LogP contribution in [-0.4, -0.2) is 33.3 Å². The Morgan fingerprint density at radius 1 is 1.12 bits per heavy atom. The number of hydrogen-bond acceptors (Lipinski definition) is 5. The summed E-state index contributed by atoms with van der Waals surface area (Å²) in [6.07, 6.45) is -0.164. The van der Waals surface area contributed by atoms with Gasteiger partial charge < -0.3 is 14.8 Å². The smallest absolute Gasteiger partial charge is 0.225 e. The summed E-state index contributed by atoms with van der Waals surface area (Å²) in [5.41, 5.74) is 1.42. The first kappa shape index (κ1) is 18.5. The minimum absolute atomic E-state index is 0.105. The number of fused-ring (bicyclic) bond motifs is 1. The highest BCUT2D eigenvalue weighted by Crippen LogP contribution is 2.32. The topological polar surface area (TPSA) is 81.7 Å². The van der Waals surface area contributed by atoms with Crippen LogP contribution in [0.25, 0.3) is 0 Å². The Kier molecular flexibility index (Phi) is 5.38. The molecule has 2 aromatic carbocycles. The zero-order valence-corrected chi connectivity index (χ0v) is 15.7. The second-order valence-corrected chi connectivity index (χ2v) is 8.40. The first-order valence-corrected chi connectivity index (χ1v) is 10.1. The van der Waals surface area contributed by atoms with Crippen molar-refractivity contribution in [3.05, 3.63) is 47.0 Å². The van der Waals surface area contributed by atoms with Crippen LogP contribution in [-0.2, 0) is 14.6 Å². The number of hydrogen-bond donors (Lipinski definition) is 1. The van der Waals surface area contributed by atoms with Crippen molar-refractivity contribution in [2.75, 3.05) is 24.3 Å². The lowest BCUT2D eigenvalue weighted by Crippen LogP contribution is -2.18. The maximum absolute atomic E-state index is 12.5. The number of carbonyl (C=O) groups is 1. The highest BCUT2D eigenvalue weighted by atomic mass is 35.5. The van der Waals surface area contributed by atoms with Crippen molar-refractivity contribution in [3.8, 4) is 11.5 Å². The molecule has 0 radical (unpaired) electrons. The molecule has 0 bridgehead atoms. The van der Waals surface area contributed by atoms with Gasteiger partial charge in [0.15, 0.2) is 21.3 Å². The first-order chi connectivity index (χ1) is 12.3. The fourth-order valence-electron chi connectivity index (χ4n) is 2.46. The lowest BCUT2D eigenvalue weighted by atomic mass is 10.2. The number of ether oxygens (including phenoxy) is 2. The second-order valence-electron chi connectivity index (χ2n) is 5.89. The predicted octanol–water partition coefficient (Wildman–Crippen LogP) is 3.22. The van der Waals surface area contributed by atoms with Gasteiger partial charge in [-0.05, 0) is 36.8 Å². The maximum atomic E-state index is 12.5. The van der Waals surface area contributed by atoms with Crippen molar-refractivity contribution in [2.24, 2.45) is 0 Å². The molecule has 1 aliphatic heterocycles. The van der Waals surface area contributed by atoms with Crippen LogP contribution in [0.4, 0.5) is 5.69 Å². The summed E-state index contributed by atoms with van der Waals surface area (Å²) in [5, 5.41) is 3.19. The number of anilines is 1. The molecular weight excluding hydrogens is 378 g/mol. The SMILES string of the molecule is Cc1ccc(NC(=O)CCS(=O)(=O)c2ccc3c(c2)OCCO3)cc1Cl. The predicted molar refractivity (Wildman–Crippen MR) is 98.9 cm³/mol. The minimum atomic E-state index is -3.62. The molecule has 0 saturated carbocycles. The van der Waals surface area contributed by atoms with Crippen molar-refractivity contribution < 1.29 is 22.7 Å². The van der Waals surface area contributed by atoms with E-state index in [-0.39, 0.29) is 17.1 Å². The average Bonchev–Trinajstić information content (AvgIpc) is 2.63. The lowest BCUT2D eigenvalue weighted by Gasteiger charge is -2.18. The van der Waals surface area contributed by atoms with E-state index in [1.54, 1.807) is 24.3 Å². The van der Waals surface area contributed by atoms with Gasteiger partial charge >= 0.3 is 0 Å². The zero-order valence-electron chi connectivity index (χ0n) is 14.1. The quantitative estimate of drug-likeness (QED) is 0.840. The molecule has 8 heteroatoms. The molecule has 138 valence electrons. The van der Waals surface area contributed by atoms with Crippen LogP contribution in [0.15, 0.2) is 41.3 Å². The van der Waals surface area contributed by atoms with Gasteiger partial charge in [-0.3, -0.25) is 4.79 Å². The van der Waals surface area contributed by atoms with Crippen LogP contribution in [0.5, 0.6) is 11.5 Å². The molecule has 3 rings (SSSR count). The number of rotatable bonds is 5. The van der Waals surface area contributed by atoms with E-state index in [2.05, 4.69) is 5.32 Å². The van der Waals surface area contributed by atoms with Crippen molar-refractivity contribution in [2.45, 2.75) is 18.2 Å². The van der Waals surface area contributed by atoms with E-state index in [0.29, 0.717) is 35.4 Å². The van der Waals surface area contributed by atoms with Crippen molar-refractivity contribution in [3.63, 3.8) is 0 Å². The molecule has 26 heavy (non-hydrogen) atoms. The van der Waals surface area contributed by atoms with Crippen LogP contribution in [0, 0.1) is 6.92 Å². The van der Waals surface area contributed by atoms with E-state index in [4.69, 9.17) is 21.1 Å². The summed E-state index contributed by atoms with van der Waals surface area (Å²) in [7, 11) is -3.62. The van der Waals surface area contributed by atoms with Crippen molar-refractivity contribution in [1.82, 2.24) is 0 Å². The molecule has 1 N–H and O–H groups in total. The second kappa shape index (κ2) is 7.55. The number of nitrogens with one attached hydrogen (secondary N) is 1. The van der Waals surface area contributed by atoms with E-state index in [9.17, 15) is 13.2 Å². The standard InChI is InChI=1S/C18H18ClNO5S/c1-12-2-3-13(10-15(12)19)20-18(21)6-9-26(22,23)14-4-5-16-17(11-14)25-8-7-24-16/h2-5,10-11H,6-9H2,1H3,(H,20,21). The Morgan fingerprint density at radius 2 is 1.85 bits per heavy atom. The molecule has 0 aliphatic carbocycles. The van der Waals surface area contributed by atoms with Gasteiger partial charge in [-0.1, -0.05) is 17.7 Å². The van der Waals surface area contributed by atoms with Crippen molar-refractivity contribution in [1.29, 1.82) is 0 Å². The van der Waals surface area contributed by atoms with E-state index in [0.717, 1.165) is 5.56 Å². The highest BCUT2D eigenvalue weighted by Gasteiger charge is 2.20. The molecule has 0 fully saturated rings. The largest absolute Gasteiger partial charge is 0.486 e. The van der Waals surface area contributed by atoms with E-state index >= 15 is 0 Å². The number of aryl methyl sites for hydroxylation is 1. The normalized spacial score (nSPS) is 13.3. The fraction of sp³-hybridized carbons (Fsp3) is 0.278. The van der Waals surface area contributed by atoms with Crippen LogP contribution >= 0.6 is 11.6 Å². The molecule has 0 saturated heterocycles. The number of halogens is 1. The third-order valence-electron chi connectivity index (χ3n) is 3.93. The monoisotopic (exact) mass is 395 g/mol. The average molecular weight is 396 g/mol. The van der Waals surface area contributed by atoms with E-state index in [1.165, 1.54) is 12.1 Å².